The minimum Gasteiger partial charge on any atom is -0.489 e. The van der Waals surface area contributed by atoms with Gasteiger partial charge in [0.1, 0.15) is 24.7 Å². The van der Waals surface area contributed by atoms with Crippen LogP contribution in [0.4, 0.5) is 0 Å². The minimum absolute atomic E-state index is 0.105. The third-order valence-electron chi connectivity index (χ3n) is 4.15. The molecule has 0 saturated carbocycles. The smallest absolute Gasteiger partial charge is 0.240 e. The van der Waals surface area contributed by atoms with Gasteiger partial charge in [0.15, 0.2) is 4.77 Å². The molecule has 28 heavy (non-hydrogen) atoms. The fraction of sp³-hybridized carbons (Fsp3) is 0.300. The van der Waals surface area contributed by atoms with Crippen molar-refractivity contribution in [3.63, 3.8) is 0 Å². The normalized spacial score (nSPS) is 10.6. The quantitative estimate of drug-likeness (QED) is 0.542. The molecule has 0 aliphatic carbocycles. The van der Waals surface area contributed by atoms with Gasteiger partial charge in [-0.25, -0.2) is 0 Å². The van der Waals surface area contributed by atoms with Crippen molar-refractivity contribution in [2.24, 2.45) is 0 Å². The molecule has 2 N–H and O–H groups in total. The first kappa shape index (κ1) is 19.8. The number of amides is 1. The fourth-order valence-corrected chi connectivity index (χ4v) is 2.90. The molecule has 3 rings (SSSR count). The van der Waals surface area contributed by atoms with Gasteiger partial charge in [-0.05, 0) is 42.4 Å². The molecule has 146 valence electrons. The number of carbonyl (C=O) groups excluding carboxylic acids is 1. The Balaban J connectivity index is 1.49. The summed E-state index contributed by atoms with van der Waals surface area (Å²) in [5, 5.41) is 9.84. The Morgan fingerprint density at radius 3 is 2.79 bits per heavy atom. The zero-order valence-corrected chi connectivity index (χ0v) is 16.5. The molecule has 0 spiro atoms. The summed E-state index contributed by atoms with van der Waals surface area (Å²) in [5.41, 5.74) is 2.01. The number of hydrogen-bond acceptors (Lipinski definition) is 5. The number of benzene rings is 1. The number of ether oxygens (including phenoxy) is 1. The summed E-state index contributed by atoms with van der Waals surface area (Å²) in [5.74, 6) is 1.47. The Morgan fingerprint density at radius 1 is 1.25 bits per heavy atom. The molecule has 8 heteroatoms. The third kappa shape index (κ3) is 5.50. The molecule has 2 aromatic heterocycles. The van der Waals surface area contributed by atoms with Gasteiger partial charge in [-0.2, -0.15) is 5.10 Å². The van der Waals surface area contributed by atoms with Crippen molar-refractivity contribution < 1.29 is 9.53 Å². The van der Waals surface area contributed by atoms with Gasteiger partial charge < -0.3 is 10.1 Å². The first-order chi connectivity index (χ1) is 13.7. The standard InChI is InChI=1S/C20H23N5O2S/c1-2-4-18-23-24-20(28)25(18)13-19(26)22-12-15-6-8-17(9-7-15)27-14-16-5-3-10-21-11-16/h3,5-11H,2,4,12-14H2,1H3,(H,22,26)(H,24,28). The van der Waals surface area contributed by atoms with Crippen molar-refractivity contribution in [1.82, 2.24) is 25.1 Å². The maximum atomic E-state index is 12.3. The highest BCUT2D eigenvalue weighted by Crippen LogP contribution is 2.14. The number of carbonyl (C=O) groups is 1. The molecule has 2 heterocycles. The minimum atomic E-state index is -0.105. The second kappa shape index (κ2) is 9.80. The average Bonchev–Trinajstić information content (AvgIpc) is 3.06. The molecule has 1 amide bonds. The lowest BCUT2D eigenvalue weighted by Crippen LogP contribution is -2.27. The number of rotatable bonds is 9. The van der Waals surface area contributed by atoms with Crippen LogP contribution in [0.5, 0.6) is 5.75 Å². The molecule has 3 aromatic rings. The lowest BCUT2D eigenvalue weighted by atomic mass is 10.2. The maximum Gasteiger partial charge on any atom is 0.240 e. The van der Waals surface area contributed by atoms with Crippen LogP contribution < -0.4 is 10.1 Å². The molecule has 1 aromatic carbocycles. The van der Waals surface area contributed by atoms with Crippen LogP contribution in [0.15, 0.2) is 48.8 Å². The molecule has 0 fully saturated rings. The topological polar surface area (TPSA) is 84.8 Å². The van der Waals surface area contributed by atoms with E-state index < -0.39 is 0 Å². The van der Waals surface area contributed by atoms with Gasteiger partial charge in [0.2, 0.25) is 5.91 Å². The van der Waals surface area contributed by atoms with Crippen molar-refractivity contribution >= 4 is 18.1 Å². The summed E-state index contributed by atoms with van der Waals surface area (Å²) in [6.07, 6.45) is 5.23. The van der Waals surface area contributed by atoms with Gasteiger partial charge in [-0.3, -0.25) is 19.4 Å². The van der Waals surface area contributed by atoms with Crippen molar-refractivity contribution in [2.75, 3.05) is 0 Å². The Bertz CT molecular complexity index is 951. The van der Waals surface area contributed by atoms with Crippen LogP contribution >= 0.6 is 12.2 Å². The largest absolute Gasteiger partial charge is 0.489 e. The molecule has 0 saturated heterocycles. The number of aromatic nitrogens is 4. The first-order valence-electron chi connectivity index (χ1n) is 9.17. The maximum absolute atomic E-state index is 12.3. The zero-order chi connectivity index (χ0) is 19.8. The first-order valence-corrected chi connectivity index (χ1v) is 9.58. The van der Waals surface area contributed by atoms with Gasteiger partial charge in [-0.1, -0.05) is 25.1 Å². The Morgan fingerprint density at radius 2 is 2.07 bits per heavy atom. The van der Waals surface area contributed by atoms with Gasteiger partial charge in [0.25, 0.3) is 0 Å². The van der Waals surface area contributed by atoms with E-state index in [9.17, 15) is 4.79 Å². The third-order valence-corrected chi connectivity index (χ3v) is 4.47. The van der Waals surface area contributed by atoms with Crippen LogP contribution in [0, 0.1) is 4.77 Å². The van der Waals surface area contributed by atoms with Crippen LogP contribution in [-0.4, -0.2) is 25.7 Å². The molecule has 0 atom stereocenters. The number of aryl methyl sites for hydroxylation is 1. The molecular formula is C20H23N5O2S. The van der Waals surface area contributed by atoms with Gasteiger partial charge in [0, 0.05) is 30.9 Å². The summed E-state index contributed by atoms with van der Waals surface area (Å²) < 4.78 is 7.95. The molecule has 0 unspecified atom stereocenters. The van der Waals surface area contributed by atoms with Crippen molar-refractivity contribution in [3.05, 3.63) is 70.5 Å². The summed E-state index contributed by atoms with van der Waals surface area (Å²) in [6, 6.07) is 11.5. The highest BCUT2D eigenvalue weighted by Gasteiger charge is 2.09. The van der Waals surface area contributed by atoms with E-state index in [1.807, 2.05) is 36.4 Å². The SMILES string of the molecule is CCCc1n[nH]c(=S)n1CC(=O)NCc1ccc(OCc2cccnc2)cc1. The van der Waals surface area contributed by atoms with Crippen LogP contribution in [0.2, 0.25) is 0 Å². The van der Waals surface area contributed by atoms with E-state index in [0.29, 0.717) is 17.9 Å². The van der Waals surface area contributed by atoms with E-state index in [-0.39, 0.29) is 12.5 Å². The number of nitrogens with one attached hydrogen (secondary N) is 2. The predicted octanol–water partition coefficient (Wildman–Crippen LogP) is 3.18. The molecule has 7 nitrogen and oxygen atoms in total. The summed E-state index contributed by atoms with van der Waals surface area (Å²) in [4.78, 5) is 16.3. The van der Waals surface area contributed by atoms with Crippen LogP contribution in [0.3, 0.4) is 0 Å². The summed E-state index contributed by atoms with van der Waals surface area (Å²) in [6.45, 7) is 3.13. The highest BCUT2D eigenvalue weighted by atomic mass is 32.1. The van der Waals surface area contributed by atoms with E-state index >= 15 is 0 Å². The van der Waals surface area contributed by atoms with E-state index in [1.54, 1.807) is 17.0 Å². The van der Waals surface area contributed by atoms with Crippen LogP contribution in [-0.2, 0) is 30.9 Å². The number of nitrogens with zero attached hydrogens (tertiary/aromatic N) is 3. The monoisotopic (exact) mass is 397 g/mol. The molecule has 0 aliphatic rings. The van der Waals surface area contributed by atoms with Crippen LogP contribution in [0.1, 0.15) is 30.3 Å². The lowest BCUT2D eigenvalue weighted by Gasteiger charge is -2.09. The van der Waals surface area contributed by atoms with Gasteiger partial charge in [0.05, 0.1) is 0 Å². The predicted molar refractivity (Wildman–Crippen MR) is 108 cm³/mol. The number of aromatic amines is 1. The molecule has 0 aliphatic heterocycles. The average molecular weight is 398 g/mol. The van der Waals surface area contributed by atoms with E-state index in [4.69, 9.17) is 17.0 Å². The van der Waals surface area contributed by atoms with E-state index in [2.05, 4.69) is 27.4 Å². The number of hydrogen-bond donors (Lipinski definition) is 2. The number of pyridine rings is 1. The van der Waals surface area contributed by atoms with Crippen molar-refractivity contribution in [1.29, 1.82) is 0 Å². The Hall–Kier alpha value is -3.00. The van der Waals surface area contributed by atoms with Crippen molar-refractivity contribution in [3.8, 4) is 5.75 Å². The fourth-order valence-electron chi connectivity index (χ4n) is 2.68. The van der Waals surface area contributed by atoms with Crippen molar-refractivity contribution in [2.45, 2.75) is 39.5 Å². The van der Waals surface area contributed by atoms with E-state index in [1.165, 1.54) is 0 Å². The second-order valence-corrected chi connectivity index (χ2v) is 6.74. The van der Waals surface area contributed by atoms with Gasteiger partial charge >= 0.3 is 0 Å². The number of H-pyrrole nitrogens is 1. The lowest BCUT2D eigenvalue weighted by molar-refractivity contribution is -0.121. The van der Waals surface area contributed by atoms with E-state index in [0.717, 1.165) is 35.5 Å². The Labute approximate surface area is 168 Å². The zero-order valence-electron chi connectivity index (χ0n) is 15.7. The van der Waals surface area contributed by atoms with Gasteiger partial charge in [-0.15, -0.1) is 0 Å². The Kier molecular flexibility index (Phi) is 6.91. The van der Waals surface area contributed by atoms with Crippen LogP contribution in [0.25, 0.3) is 0 Å². The highest BCUT2D eigenvalue weighted by molar-refractivity contribution is 7.71. The second-order valence-electron chi connectivity index (χ2n) is 6.35. The summed E-state index contributed by atoms with van der Waals surface area (Å²) >= 11 is 5.20. The molecular weight excluding hydrogens is 374 g/mol. The molecule has 0 bridgehead atoms. The summed E-state index contributed by atoms with van der Waals surface area (Å²) in [7, 11) is 0. The molecule has 0 radical (unpaired) electrons.